The van der Waals surface area contributed by atoms with Crippen molar-refractivity contribution in [1.82, 2.24) is 10.3 Å². The zero-order chi connectivity index (χ0) is 14.4. The Hall–Kier alpha value is -0.950. The van der Waals surface area contributed by atoms with Crippen LogP contribution in [0.2, 0.25) is 0 Å². The Labute approximate surface area is 126 Å². The molecule has 0 aliphatic rings. The number of aryl methyl sites for hydroxylation is 1. The highest BCUT2D eigenvalue weighted by atomic mass is 32.2. The molecule has 0 aliphatic carbocycles. The third-order valence-electron chi connectivity index (χ3n) is 2.63. The second kappa shape index (κ2) is 7.73. The van der Waals surface area contributed by atoms with Crippen LogP contribution >= 0.6 is 23.1 Å². The fraction of sp³-hybridized carbons (Fsp3) is 0.357. The summed E-state index contributed by atoms with van der Waals surface area (Å²) in [4.78, 5) is 5.02. The summed E-state index contributed by atoms with van der Waals surface area (Å²) in [5.41, 5.74) is 1.91. The molecule has 0 fully saturated rings. The highest BCUT2D eigenvalue weighted by Crippen LogP contribution is 2.34. The number of benzene rings is 1. The van der Waals surface area contributed by atoms with Gasteiger partial charge in [0.2, 0.25) is 0 Å². The van der Waals surface area contributed by atoms with E-state index in [9.17, 15) is 4.39 Å². The Kier molecular flexibility index (Phi) is 5.97. The van der Waals surface area contributed by atoms with Crippen molar-refractivity contribution in [2.75, 3.05) is 20.3 Å². The smallest absolute Gasteiger partial charge is 0.155 e. The molecule has 108 valence electrons. The molecule has 0 atom stereocenters. The zero-order valence-corrected chi connectivity index (χ0v) is 13.1. The van der Waals surface area contributed by atoms with Crippen molar-refractivity contribution in [2.45, 2.75) is 22.7 Å². The van der Waals surface area contributed by atoms with Crippen LogP contribution in [0.15, 0.2) is 32.8 Å². The van der Waals surface area contributed by atoms with Crippen molar-refractivity contribution < 1.29 is 9.13 Å². The molecule has 0 saturated heterocycles. The van der Waals surface area contributed by atoms with Gasteiger partial charge >= 0.3 is 0 Å². The maximum absolute atomic E-state index is 14.0. The van der Waals surface area contributed by atoms with Crippen LogP contribution in [-0.4, -0.2) is 25.2 Å². The van der Waals surface area contributed by atoms with Crippen molar-refractivity contribution in [3.63, 3.8) is 0 Å². The van der Waals surface area contributed by atoms with Gasteiger partial charge in [0.05, 0.1) is 11.5 Å². The predicted octanol–water partition coefficient (Wildman–Crippen LogP) is 3.48. The summed E-state index contributed by atoms with van der Waals surface area (Å²) in [6.07, 6.45) is 0. The van der Waals surface area contributed by atoms with Crippen LogP contribution in [0, 0.1) is 12.7 Å². The average molecular weight is 312 g/mol. The predicted molar refractivity (Wildman–Crippen MR) is 81.0 cm³/mol. The Morgan fingerprint density at radius 1 is 1.45 bits per heavy atom. The number of hydrogen-bond donors (Lipinski definition) is 1. The van der Waals surface area contributed by atoms with Gasteiger partial charge < -0.3 is 10.1 Å². The molecular formula is C14H17FN2OS2. The van der Waals surface area contributed by atoms with Gasteiger partial charge in [0, 0.05) is 31.3 Å². The summed E-state index contributed by atoms with van der Waals surface area (Å²) in [6.45, 7) is 3.94. The van der Waals surface area contributed by atoms with Crippen molar-refractivity contribution >= 4 is 23.1 Å². The zero-order valence-electron chi connectivity index (χ0n) is 11.5. The van der Waals surface area contributed by atoms with Gasteiger partial charge in [0.1, 0.15) is 5.82 Å². The van der Waals surface area contributed by atoms with Gasteiger partial charge in [-0.1, -0.05) is 23.9 Å². The summed E-state index contributed by atoms with van der Waals surface area (Å²) in [5.74, 6) is -0.200. The number of ether oxygens (including phenoxy) is 1. The largest absolute Gasteiger partial charge is 0.383 e. The Morgan fingerprint density at radius 2 is 2.30 bits per heavy atom. The molecule has 1 aromatic carbocycles. The van der Waals surface area contributed by atoms with Gasteiger partial charge in [-0.25, -0.2) is 9.37 Å². The van der Waals surface area contributed by atoms with E-state index in [0.717, 1.165) is 22.1 Å². The first kappa shape index (κ1) is 15.4. The lowest BCUT2D eigenvalue weighted by Gasteiger charge is -2.10. The molecule has 0 bridgehead atoms. The molecule has 2 aromatic rings. The molecule has 0 aliphatic heterocycles. The quantitative estimate of drug-likeness (QED) is 0.794. The minimum Gasteiger partial charge on any atom is -0.383 e. The molecule has 2 rings (SSSR count). The average Bonchev–Trinajstić information content (AvgIpc) is 2.84. The highest BCUT2D eigenvalue weighted by Gasteiger charge is 2.12. The highest BCUT2D eigenvalue weighted by molar-refractivity contribution is 8.01. The van der Waals surface area contributed by atoms with Crippen molar-refractivity contribution in [3.8, 4) is 0 Å². The van der Waals surface area contributed by atoms with E-state index in [2.05, 4.69) is 10.3 Å². The summed E-state index contributed by atoms with van der Waals surface area (Å²) < 4.78 is 19.9. The normalized spacial score (nSPS) is 10.9. The van der Waals surface area contributed by atoms with Gasteiger partial charge in [-0.05, 0) is 18.6 Å². The SMILES string of the molecule is COCCNCc1cccc(F)c1Sc1nc(C)cs1. The molecule has 1 heterocycles. The number of methoxy groups -OCH3 is 1. The van der Waals surface area contributed by atoms with Gasteiger partial charge in [-0.15, -0.1) is 11.3 Å². The molecule has 0 radical (unpaired) electrons. The second-order valence-electron chi connectivity index (χ2n) is 4.25. The van der Waals surface area contributed by atoms with E-state index in [-0.39, 0.29) is 5.82 Å². The number of aromatic nitrogens is 1. The molecule has 20 heavy (non-hydrogen) atoms. The standard InChI is InChI=1S/C14H17FN2OS2/c1-10-9-19-14(17-10)20-13-11(4-3-5-12(13)15)8-16-6-7-18-2/h3-5,9,16H,6-8H2,1-2H3. The Morgan fingerprint density at radius 3 is 3.00 bits per heavy atom. The number of nitrogens with zero attached hydrogens (tertiary/aromatic N) is 1. The molecule has 0 spiro atoms. The minimum absolute atomic E-state index is 0.200. The fourth-order valence-corrected chi connectivity index (χ4v) is 3.58. The van der Waals surface area contributed by atoms with Crippen molar-refractivity contribution in [3.05, 3.63) is 40.7 Å². The van der Waals surface area contributed by atoms with Crippen molar-refractivity contribution in [2.24, 2.45) is 0 Å². The van der Waals surface area contributed by atoms with E-state index in [4.69, 9.17) is 4.74 Å². The molecule has 0 amide bonds. The second-order valence-corrected chi connectivity index (χ2v) is 6.37. The molecule has 0 unspecified atom stereocenters. The number of thiazole rings is 1. The monoisotopic (exact) mass is 312 g/mol. The van der Waals surface area contributed by atoms with Crippen molar-refractivity contribution in [1.29, 1.82) is 0 Å². The lowest BCUT2D eigenvalue weighted by molar-refractivity contribution is 0.199. The van der Waals surface area contributed by atoms with E-state index in [1.54, 1.807) is 13.2 Å². The number of nitrogens with one attached hydrogen (secondary N) is 1. The number of halogens is 1. The van der Waals surface area contributed by atoms with Gasteiger partial charge in [-0.3, -0.25) is 0 Å². The van der Waals surface area contributed by atoms with Gasteiger partial charge in [0.25, 0.3) is 0 Å². The van der Waals surface area contributed by atoms with Crippen LogP contribution in [0.1, 0.15) is 11.3 Å². The molecular weight excluding hydrogens is 295 g/mol. The first-order valence-electron chi connectivity index (χ1n) is 6.27. The van der Waals surface area contributed by atoms with Crippen LogP contribution in [0.5, 0.6) is 0 Å². The lowest BCUT2D eigenvalue weighted by atomic mass is 10.2. The third-order valence-corrected chi connectivity index (χ3v) is 4.85. The molecule has 1 N–H and O–H groups in total. The van der Waals surface area contributed by atoms with Crippen LogP contribution in [0.3, 0.4) is 0 Å². The van der Waals surface area contributed by atoms with Crippen LogP contribution in [-0.2, 0) is 11.3 Å². The summed E-state index contributed by atoms with van der Waals surface area (Å²) in [5, 5.41) is 5.21. The Balaban J connectivity index is 2.09. The molecule has 1 aromatic heterocycles. The summed E-state index contributed by atoms with van der Waals surface area (Å²) >= 11 is 2.93. The third kappa shape index (κ3) is 4.28. The lowest BCUT2D eigenvalue weighted by Crippen LogP contribution is -2.19. The first-order chi connectivity index (χ1) is 9.70. The van der Waals surface area contributed by atoms with E-state index < -0.39 is 0 Å². The van der Waals surface area contributed by atoms with Crippen LogP contribution < -0.4 is 5.32 Å². The van der Waals surface area contributed by atoms with Crippen LogP contribution in [0.4, 0.5) is 4.39 Å². The Bertz CT molecular complexity index is 560. The number of rotatable bonds is 7. The summed E-state index contributed by atoms with van der Waals surface area (Å²) in [6, 6.07) is 5.16. The minimum atomic E-state index is -0.200. The molecule has 6 heteroatoms. The molecule has 3 nitrogen and oxygen atoms in total. The molecule has 0 saturated carbocycles. The van der Waals surface area contributed by atoms with E-state index in [0.29, 0.717) is 18.0 Å². The van der Waals surface area contributed by atoms with E-state index >= 15 is 0 Å². The van der Waals surface area contributed by atoms with Gasteiger partial charge in [-0.2, -0.15) is 0 Å². The summed E-state index contributed by atoms with van der Waals surface area (Å²) in [7, 11) is 1.66. The maximum Gasteiger partial charge on any atom is 0.155 e. The van der Waals surface area contributed by atoms with Crippen LogP contribution in [0.25, 0.3) is 0 Å². The van der Waals surface area contributed by atoms with E-state index in [1.165, 1.54) is 29.2 Å². The number of hydrogen-bond acceptors (Lipinski definition) is 5. The van der Waals surface area contributed by atoms with Gasteiger partial charge in [0.15, 0.2) is 4.34 Å². The topological polar surface area (TPSA) is 34.1 Å². The maximum atomic E-state index is 14.0. The first-order valence-corrected chi connectivity index (χ1v) is 7.97. The van der Waals surface area contributed by atoms with E-state index in [1.807, 2.05) is 18.4 Å². The fourth-order valence-electron chi connectivity index (χ4n) is 1.67.